The van der Waals surface area contributed by atoms with E-state index >= 15 is 0 Å². The van der Waals surface area contributed by atoms with Gasteiger partial charge in [0.15, 0.2) is 5.13 Å². The largest absolute Gasteiger partial charge is 0.375 e. The minimum Gasteiger partial charge on any atom is -0.375 e. The van der Waals surface area contributed by atoms with Crippen LogP contribution in [0.1, 0.15) is 4.88 Å². The average molecular weight is 208 g/mol. The Bertz CT molecular complexity index is 465. The number of thiazole rings is 2. The Hall–Kier alpha value is -1.45. The fraction of sp³-hybridized carbons (Fsp3) is 0. The molecule has 13 heavy (non-hydrogen) atoms. The van der Waals surface area contributed by atoms with E-state index in [1.54, 1.807) is 12.4 Å². The second-order valence-electron chi connectivity index (χ2n) is 2.20. The first-order valence-electron chi connectivity index (χ1n) is 3.37. The Morgan fingerprint density at radius 2 is 2.15 bits per heavy atom. The maximum absolute atomic E-state index is 8.59. The highest BCUT2D eigenvalue weighted by molar-refractivity contribution is 7.23. The van der Waals surface area contributed by atoms with Crippen LogP contribution >= 0.6 is 22.7 Å². The van der Waals surface area contributed by atoms with E-state index in [1.807, 2.05) is 6.07 Å². The van der Waals surface area contributed by atoms with Crippen molar-refractivity contribution in [3.05, 3.63) is 17.3 Å². The molecule has 4 nitrogen and oxygen atoms in total. The van der Waals surface area contributed by atoms with Crippen LogP contribution in [-0.2, 0) is 0 Å². The Kier molecular flexibility index (Phi) is 1.96. The average Bonchev–Trinajstić information content (AvgIpc) is 2.71. The number of rotatable bonds is 1. The molecule has 2 rings (SSSR count). The fourth-order valence-corrected chi connectivity index (χ4v) is 2.27. The van der Waals surface area contributed by atoms with Gasteiger partial charge in [0.25, 0.3) is 0 Å². The maximum Gasteiger partial charge on any atom is 0.180 e. The monoisotopic (exact) mass is 208 g/mol. The molecule has 64 valence electrons. The Morgan fingerprint density at radius 3 is 2.69 bits per heavy atom. The molecule has 0 bridgehead atoms. The molecule has 2 heterocycles. The molecule has 0 saturated heterocycles. The van der Waals surface area contributed by atoms with Gasteiger partial charge in [-0.1, -0.05) is 11.3 Å². The quantitative estimate of drug-likeness (QED) is 0.774. The molecular formula is C7H4N4S2. The molecule has 2 N–H and O–H groups in total. The molecule has 0 aliphatic carbocycles. The highest BCUT2D eigenvalue weighted by Crippen LogP contribution is 2.30. The van der Waals surface area contributed by atoms with Crippen LogP contribution in [0.2, 0.25) is 0 Å². The third-order valence-electron chi connectivity index (χ3n) is 1.35. The Balaban J connectivity index is 2.42. The predicted molar refractivity (Wildman–Crippen MR) is 52.3 cm³/mol. The summed E-state index contributed by atoms with van der Waals surface area (Å²) >= 11 is 2.71. The zero-order valence-corrected chi connectivity index (χ0v) is 8.02. The summed E-state index contributed by atoms with van der Waals surface area (Å²) in [5.41, 5.74) is 5.47. The predicted octanol–water partition coefficient (Wildman–Crippen LogP) is 1.72. The van der Waals surface area contributed by atoms with Crippen LogP contribution < -0.4 is 5.73 Å². The number of nitrogen functional groups attached to an aromatic ring is 1. The molecule has 0 fully saturated rings. The van der Waals surface area contributed by atoms with Crippen molar-refractivity contribution in [1.29, 1.82) is 5.26 Å². The molecule has 2 aromatic rings. The summed E-state index contributed by atoms with van der Waals surface area (Å²) in [4.78, 5) is 9.50. The summed E-state index contributed by atoms with van der Waals surface area (Å²) in [6.07, 6.45) is 3.22. The first kappa shape index (κ1) is 8.16. The molecule has 0 aromatic carbocycles. The van der Waals surface area contributed by atoms with E-state index in [-0.39, 0.29) is 0 Å². The van der Waals surface area contributed by atoms with Crippen molar-refractivity contribution in [2.75, 3.05) is 5.73 Å². The topological polar surface area (TPSA) is 75.6 Å². The molecule has 0 aliphatic heterocycles. The lowest BCUT2D eigenvalue weighted by Crippen LogP contribution is -1.77. The summed E-state index contributed by atoms with van der Waals surface area (Å²) in [6, 6.07) is 2.03. The summed E-state index contributed by atoms with van der Waals surface area (Å²) in [5.74, 6) is 0. The van der Waals surface area contributed by atoms with E-state index in [2.05, 4.69) is 9.97 Å². The number of nitrogens with zero attached hydrogens (tertiary/aromatic N) is 3. The van der Waals surface area contributed by atoms with Crippen LogP contribution in [0.15, 0.2) is 12.4 Å². The highest BCUT2D eigenvalue weighted by Gasteiger charge is 2.06. The number of aromatic nitrogens is 2. The van der Waals surface area contributed by atoms with Gasteiger partial charge in [0.2, 0.25) is 0 Å². The second-order valence-corrected chi connectivity index (χ2v) is 4.30. The van der Waals surface area contributed by atoms with Crippen molar-refractivity contribution in [2.45, 2.75) is 0 Å². The van der Waals surface area contributed by atoms with Crippen molar-refractivity contribution in [2.24, 2.45) is 0 Å². The van der Waals surface area contributed by atoms with E-state index in [4.69, 9.17) is 11.0 Å². The Labute approximate surface area is 82.3 Å². The molecule has 0 atom stereocenters. The van der Waals surface area contributed by atoms with Crippen molar-refractivity contribution < 1.29 is 0 Å². The second kappa shape index (κ2) is 3.12. The molecule has 0 unspecified atom stereocenters. The third-order valence-corrected chi connectivity index (χ3v) is 3.25. The number of hydrogen-bond donors (Lipinski definition) is 1. The van der Waals surface area contributed by atoms with E-state index in [0.717, 1.165) is 9.88 Å². The molecule has 0 saturated carbocycles. The van der Waals surface area contributed by atoms with E-state index < -0.39 is 0 Å². The van der Waals surface area contributed by atoms with Gasteiger partial charge in [-0.3, -0.25) is 0 Å². The zero-order chi connectivity index (χ0) is 9.26. The van der Waals surface area contributed by atoms with Crippen molar-refractivity contribution in [3.8, 4) is 16.0 Å². The molecule has 0 radical (unpaired) electrons. The Morgan fingerprint density at radius 1 is 1.31 bits per heavy atom. The van der Waals surface area contributed by atoms with Gasteiger partial charge in [-0.15, -0.1) is 11.3 Å². The maximum atomic E-state index is 8.59. The van der Waals surface area contributed by atoms with Gasteiger partial charge < -0.3 is 5.73 Å². The normalized spacial score (nSPS) is 9.77. The minimum absolute atomic E-state index is 0.517. The van der Waals surface area contributed by atoms with Crippen LogP contribution in [0, 0.1) is 11.3 Å². The number of nitrogens with two attached hydrogens (primary N) is 1. The minimum atomic E-state index is 0.517. The van der Waals surface area contributed by atoms with Gasteiger partial charge in [-0.25, -0.2) is 9.97 Å². The van der Waals surface area contributed by atoms with Crippen molar-refractivity contribution in [3.63, 3.8) is 0 Å². The summed E-state index contributed by atoms with van der Waals surface area (Å²) in [6.45, 7) is 0. The number of hydrogen-bond acceptors (Lipinski definition) is 6. The smallest absolute Gasteiger partial charge is 0.180 e. The van der Waals surface area contributed by atoms with Crippen LogP contribution in [0.25, 0.3) is 9.88 Å². The summed E-state index contributed by atoms with van der Waals surface area (Å²) in [5, 5.41) is 9.90. The van der Waals surface area contributed by atoms with Gasteiger partial charge in [0.05, 0.1) is 17.3 Å². The van der Waals surface area contributed by atoms with Crippen LogP contribution in [0.4, 0.5) is 5.13 Å². The SMILES string of the molecule is N#Cc1cnc(-c2cnc(N)s2)s1. The first-order valence-corrected chi connectivity index (χ1v) is 5.00. The zero-order valence-electron chi connectivity index (χ0n) is 6.39. The lowest BCUT2D eigenvalue weighted by Gasteiger charge is -1.82. The lowest BCUT2D eigenvalue weighted by molar-refractivity contribution is 1.39. The van der Waals surface area contributed by atoms with Crippen LogP contribution in [-0.4, -0.2) is 9.97 Å². The lowest BCUT2D eigenvalue weighted by atomic mass is 10.6. The van der Waals surface area contributed by atoms with Gasteiger partial charge in [0.1, 0.15) is 16.0 Å². The standard InChI is InChI=1S/C7H4N4S2/c8-1-4-2-10-6(12-4)5-3-11-7(9)13-5/h2-3H,(H2,9,11). The van der Waals surface area contributed by atoms with E-state index in [9.17, 15) is 0 Å². The molecular weight excluding hydrogens is 204 g/mol. The first-order chi connectivity index (χ1) is 6.29. The van der Waals surface area contributed by atoms with Crippen LogP contribution in [0.5, 0.6) is 0 Å². The highest BCUT2D eigenvalue weighted by atomic mass is 32.1. The summed E-state index contributed by atoms with van der Waals surface area (Å²) < 4.78 is 0. The van der Waals surface area contributed by atoms with Crippen molar-refractivity contribution >= 4 is 27.8 Å². The third kappa shape index (κ3) is 1.52. The van der Waals surface area contributed by atoms with Gasteiger partial charge in [-0.2, -0.15) is 5.26 Å². The summed E-state index contributed by atoms with van der Waals surface area (Å²) in [7, 11) is 0. The number of nitriles is 1. The van der Waals surface area contributed by atoms with E-state index in [1.165, 1.54) is 22.7 Å². The van der Waals surface area contributed by atoms with Gasteiger partial charge in [-0.05, 0) is 0 Å². The molecule has 0 amide bonds. The van der Waals surface area contributed by atoms with Gasteiger partial charge >= 0.3 is 0 Å². The van der Waals surface area contributed by atoms with Crippen LogP contribution in [0.3, 0.4) is 0 Å². The fourth-order valence-electron chi connectivity index (χ4n) is 0.826. The van der Waals surface area contributed by atoms with Crippen molar-refractivity contribution in [1.82, 2.24) is 9.97 Å². The molecule has 0 spiro atoms. The molecule has 6 heteroatoms. The molecule has 0 aliphatic rings. The van der Waals surface area contributed by atoms with Gasteiger partial charge in [0, 0.05) is 0 Å². The van der Waals surface area contributed by atoms with E-state index in [0.29, 0.717) is 10.0 Å². The molecule has 2 aromatic heterocycles. The number of anilines is 1.